The molecule has 3 rings (SSSR count). The molecule has 0 bridgehead atoms. The van der Waals surface area contributed by atoms with Crippen molar-refractivity contribution in [3.05, 3.63) is 23.8 Å². The molecule has 1 aromatic carbocycles. The molecular formula is C19H24N2O4. The third-order valence-electron chi connectivity index (χ3n) is 5.22. The molecule has 6 nitrogen and oxygen atoms in total. The first kappa shape index (κ1) is 17.5. The molecule has 1 aromatic rings. The van der Waals surface area contributed by atoms with Crippen molar-refractivity contribution in [1.29, 1.82) is 0 Å². The Morgan fingerprint density at radius 1 is 0.920 bits per heavy atom. The second kappa shape index (κ2) is 7.25. The van der Waals surface area contributed by atoms with Gasteiger partial charge in [-0.05, 0) is 50.3 Å². The zero-order valence-corrected chi connectivity index (χ0v) is 14.4. The van der Waals surface area contributed by atoms with Gasteiger partial charge in [0.2, 0.25) is 11.8 Å². The maximum Gasteiger partial charge on any atom is 0.307 e. The Hall–Kier alpha value is -2.37. The van der Waals surface area contributed by atoms with Crippen LogP contribution in [0.2, 0.25) is 0 Å². The van der Waals surface area contributed by atoms with Crippen LogP contribution in [0, 0.1) is 24.7 Å². The summed E-state index contributed by atoms with van der Waals surface area (Å²) in [5.74, 6) is -2.15. The molecule has 2 fully saturated rings. The molecule has 0 spiro atoms. The highest BCUT2D eigenvalue weighted by Crippen LogP contribution is 2.33. The first-order chi connectivity index (χ1) is 12.0. The van der Waals surface area contributed by atoms with Crippen molar-refractivity contribution < 1.29 is 19.5 Å². The van der Waals surface area contributed by atoms with Crippen LogP contribution < -0.4 is 10.6 Å². The molecule has 0 radical (unpaired) electrons. The van der Waals surface area contributed by atoms with Crippen LogP contribution in [-0.4, -0.2) is 22.9 Å². The summed E-state index contributed by atoms with van der Waals surface area (Å²) >= 11 is 0. The molecule has 2 aliphatic rings. The predicted molar refractivity (Wildman–Crippen MR) is 94.2 cm³/mol. The summed E-state index contributed by atoms with van der Waals surface area (Å²) in [6.45, 7) is 1.84. The SMILES string of the molecule is Cc1c(NC(=O)C2CC2)cccc1NC(=O)[C@H]1CCCC[C@H]1C(=O)O. The van der Waals surface area contributed by atoms with E-state index in [4.69, 9.17) is 0 Å². The van der Waals surface area contributed by atoms with E-state index in [0.717, 1.165) is 31.2 Å². The number of rotatable bonds is 5. The van der Waals surface area contributed by atoms with Gasteiger partial charge in [0, 0.05) is 17.3 Å². The summed E-state index contributed by atoms with van der Waals surface area (Å²) in [6.07, 6.45) is 4.73. The third kappa shape index (κ3) is 4.00. The second-order valence-electron chi connectivity index (χ2n) is 7.07. The van der Waals surface area contributed by atoms with Crippen molar-refractivity contribution >= 4 is 29.2 Å². The monoisotopic (exact) mass is 344 g/mol. The fraction of sp³-hybridized carbons (Fsp3) is 0.526. The maximum atomic E-state index is 12.6. The van der Waals surface area contributed by atoms with Crippen LogP contribution in [0.1, 0.15) is 44.1 Å². The Balaban J connectivity index is 1.72. The standard InChI is InChI=1S/C19H24N2O4/c1-11-15(20-17(22)12-9-10-12)7-4-8-16(11)21-18(23)13-5-2-3-6-14(13)19(24)25/h4,7-8,12-14H,2-3,5-6,9-10H2,1H3,(H,20,22)(H,21,23)(H,24,25)/t13-,14+/m0/s1. The molecule has 0 saturated heterocycles. The minimum absolute atomic E-state index is 0.0183. The van der Waals surface area contributed by atoms with Crippen molar-refractivity contribution in [2.45, 2.75) is 45.4 Å². The normalized spacial score (nSPS) is 22.9. The van der Waals surface area contributed by atoms with Crippen LogP contribution in [0.15, 0.2) is 18.2 Å². The molecule has 25 heavy (non-hydrogen) atoms. The molecule has 134 valence electrons. The second-order valence-corrected chi connectivity index (χ2v) is 7.07. The van der Waals surface area contributed by atoms with Crippen LogP contribution in [0.25, 0.3) is 0 Å². The smallest absolute Gasteiger partial charge is 0.307 e. The Kier molecular flexibility index (Phi) is 5.06. The number of carboxylic acid groups (broad SMARTS) is 1. The van der Waals surface area contributed by atoms with Gasteiger partial charge in [0.1, 0.15) is 0 Å². The summed E-state index contributed by atoms with van der Waals surface area (Å²) in [5.41, 5.74) is 2.09. The number of nitrogens with one attached hydrogen (secondary N) is 2. The lowest BCUT2D eigenvalue weighted by atomic mass is 9.78. The zero-order valence-electron chi connectivity index (χ0n) is 14.4. The van der Waals surface area contributed by atoms with Crippen LogP contribution in [-0.2, 0) is 14.4 Å². The molecule has 0 aliphatic heterocycles. The third-order valence-corrected chi connectivity index (χ3v) is 5.22. The molecule has 2 atom stereocenters. The quantitative estimate of drug-likeness (QED) is 0.764. The summed E-state index contributed by atoms with van der Waals surface area (Å²) in [5, 5.41) is 15.1. The Bertz CT molecular complexity index is 697. The van der Waals surface area contributed by atoms with Gasteiger partial charge >= 0.3 is 5.97 Å². The summed E-state index contributed by atoms with van der Waals surface area (Å²) in [6, 6.07) is 5.37. The van der Waals surface area contributed by atoms with Crippen molar-refractivity contribution in [3.8, 4) is 0 Å². The van der Waals surface area contributed by atoms with Gasteiger partial charge in [-0.25, -0.2) is 0 Å². The van der Waals surface area contributed by atoms with Gasteiger partial charge in [0.25, 0.3) is 0 Å². The first-order valence-corrected chi connectivity index (χ1v) is 8.91. The number of carbonyl (C=O) groups excluding carboxylic acids is 2. The number of hydrogen-bond donors (Lipinski definition) is 3. The van der Waals surface area contributed by atoms with Gasteiger partial charge in [0.15, 0.2) is 0 Å². The molecule has 0 unspecified atom stereocenters. The van der Waals surface area contributed by atoms with Gasteiger partial charge < -0.3 is 15.7 Å². The molecule has 3 N–H and O–H groups in total. The largest absolute Gasteiger partial charge is 0.481 e. The van der Waals surface area contributed by atoms with E-state index >= 15 is 0 Å². The van der Waals surface area contributed by atoms with E-state index in [-0.39, 0.29) is 17.7 Å². The number of amides is 2. The Morgan fingerprint density at radius 2 is 1.48 bits per heavy atom. The lowest BCUT2D eigenvalue weighted by molar-refractivity contribution is -0.147. The molecular weight excluding hydrogens is 320 g/mol. The van der Waals surface area contributed by atoms with E-state index in [1.54, 1.807) is 12.1 Å². The average Bonchev–Trinajstić information content (AvgIpc) is 3.43. The van der Waals surface area contributed by atoms with Gasteiger partial charge in [-0.3, -0.25) is 14.4 Å². The fourth-order valence-corrected chi connectivity index (χ4v) is 3.45. The van der Waals surface area contributed by atoms with E-state index in [2.05, 4.69) is 10.6 Å². The van der Waals surface area contributed by atoms with Gasteiger partial charge in [0.05, 0.1) is 11.8 Å². The lowest BCUT2D eigenvalue weighted by Gasteiger charge is -2.27. The van der Waals surface area contributed by atoms with Crippen molar-refractivity contribution in [2.75, 3.05) is 10.6 Å². The number of benzene rings is 1. The molecule has 0 heterocycles. The van der Waals surface area contributed by atoms with E-state index in [1.165, 1.54) is 0 Å². The van der Waals surface area contributed by atoms with Crippen LogP contribution in [0.4, 0.5) is 11.4 Å². The van der Waals surface area contributed by atoms with Crippen molar-refractivity contribution in [3.63, 3.8) is 0 Å². The number of hydrogen-bond acceptors (Lipinski definition) is 3. The lowest BCUT2D eigenvalue weighted by Crippen LogP contribution is -2.36. The topological polar surface area (TPSA) is 95.5 Å². The molecule has 2 saturated carbocycles. The minimum Gasteiger partial charge on any atom is -0.481 e. The highest BCUT2D eigenvalue weighted by Gasteiger charge is 2.36. The number of anilines is 2. The molecule has 0 aromatic heterocycles. The van der Waals surface area contributed by atoms with E-state index in [0.29, 0.717) is 24.2 Å². The summed E-state index contributed by atoms with van der Waals surface area (Å²) in [7, 11) is 0. The van der Waals surface area contributed by atoms with Gasteiger partial charge in [-0.2, -0.15) is 0 Å². The van der Waals surface area contributed by atoms with Gasteiger partial charge in [-0.15, -0.1) is 0 Å². The minimum atomic E-state index is -0.901. The van der Waals surface area contributed by atoms with E-state index < -0.39 is 17.8 Å². The highest BCUT2D eigenvalue weighted by atomic mass is 16.4. The van der Waals surface area contributed by atoms with Crippen LogP contribution >= 0.6 is 0 Å². The van der Waals surface area contributed by atoms with Crippen LogP contribution in [0.5, 0.6) is 0 Å². The summed E-state index contributed by atoms with van der Waals surface area (Å²) in [4.78, 5) is 36.0. The van der Waals surface area contributed by atoms with E-state index in [1.807, 2.05) is 13.0 Å². The average molecular weight is 344 g/mol. The Labute approximate surface area is 147 Å². The van der Waals surface area contributed by atoms with Crippen molar-refractivity contribution in [2.24, 2.45) is 17.8 Å². The predicted octanol–water partition coefficient (Wildman–Crippen LogP) is 3.17. The van der Waals surface area contributed by atoms with Crippen molar-refractivity contribution in [1.82, 2.24) is 0 Å². The highest BCUT2D eigenvalue weighted by molar-refractivity contribution is 5.99. The Morgan fingerprint density at radius 3 is 2.04 bits per heavy atom. The first-order valence-electron chi connectivity index (χ1n) is 8.91. The van der Waals surface area contributed by atoms with Crippen LogP contribution in [0.3, 0.4) is 0 Å². The van der Waals surface area contributed by atoms with Gasteiger partial charge in [-0.1, -0.05) is 18.9 Å². The number of carboxylic acids is 1. The molecule has 2 amide bonds. The fourth-order valence-electron chi connectivity index (χ4n) is 3.45. The number of aliphatic carboxylic acids is 1. The number of carbonyl (C=O) groups is 3. The zero-order chi connectivity index (χ0) is 18.0. The molecule has 2 aliphatic carbocycles. The molecule has 6 heteroatoms. The van der Waals surface area contributed by atoms with E-state index in [9.17, 15) is 19.5 Å². The maximum absolute atomic E-state index is 12.6. The summed E-state index contributed by atoms with van der Waals surface area (Å²) < 4.78 is 0.